The van der Waals surface area contributed by atoms with Crippen LogP contribution in [-0.4, -0.2) is 5.75 Å². The number of fused-ring (bicyclic) bond motifs is 2. The maximum atomic E-state index is 12.4. The summed E-state index contributed by atoms with van der Waals surface area (Å²) in [5.41, 5.74) is 1.32. The van der Waals surface area contributed by atoms with Crippen molar-refractivity contribution in [2.75, 3.05) is 5.75 Å². The van der Waals surface area contributed by atoms with Gasteiger partial charge in [0.25, 0.3) is 0 Å². The normalized spacial score (nSPS) is 11.2. The quantitative estimate of drug-likeness (QED) is 0.553. The number of benzene rings is 2. The summed E-state index contributed by atoms with van der Waals surface area (Å²) in [5, 5.41) is 1.65. The number of thiol groups is 1. The molecule has 18 heavy (non-hydrogen) atoms. The first-order valence-electron chi connectivity index (χ1n) is 5.85. The molecular weight excluding hydrogens is 260 g/mol. The zero-order chi connectivity index (χ0) is 12.5. The van der Waals surface area contributed by atoms with Crippen LogP contribution in [-0.2, 0) is 6.42 Å². The maximum absolute atomic E-state index is 12.4. The SMILES string of the molecule is O=c1c2ccccc2sc2ccc(CCS)cc12. The molecule has 90 valence electrons. The van der Waals surface area contributed by atoms with Crippen molar-refractivity contribution in [1.29, 1.82) is 0 Å². The average Bonchev–Trinajstić information content (AvgIpc) is 2.40. The topological polar surface area (TPSA) is 17.1 Å². The fraction of sp³-hybridized carbons (Fsp3) is 0.133. The van der Waals surface area contributed by atoms with Crippen molar-refractivity contribution in [3.63, 3.8) is 0 Å². The Morgan fingerprint density at radius 2 is 1.78 bits per heavy atom. The van der Waals surface area contributed by atoms with E-state index in [4.69, 9.17) is 0 Å². The van der Waals surface area contributed by atoms with Gasteiger partial charge in [0, 0.05) is 20.2 Å². The van der Waals surface area contributed by atoms with Gasteiger partial charge >= 0.3 is 0 Å². The first kappa shape index (κ1) is 11.8. The Bertz CT molecular complexity index is 774. The highest BCUT2D eigenvalue weighted by Crippen LogP contribution is 2.25. The van der Waals surface area contributed by atoms with E-state index in [-0.39, 0.29) is 5.43 Å². The van der Waals surface area contributed by atoms with Crippen molar-refractivity contribution in [2.24, 2.45) is 0 Å². The van der Waals surface area contributed by atoms with E-state index < -0.39 is 0 Å². The van der Waals surface area contributed by atoms with Crippen LogP contribution in [0.1, 0.15) is 5.56 Å². The minimum absolute atomic E-state index is 0.139. The van der Waals surface area contributed by atoms with Gasteiger partial charge in [-0.2, -0.15) is 12.6 Å². The Kier molecular flexibility index (Phi) is 3.10. The molecule has 0 amide bonds. The fourth-order valence-corrected chi connectivity index (χ4v) is 3.45. The Balaban J connectivity index is 2.38. The Hall–Kier alpha value is -1.32. The van der Waals surface area contributed by atoms with E-state index in [0.29, 0.717) is 0 Å². The molecule has 0 atom stereocenters. The van der Waals surface area contributed by atoms with Gasteiger partial charge in [-0.15, -0.1) is 11.3 Å². The van der Waals surface area contributed by atoms with Crippen molar-refractivity contribution in [3.8, 4) is 0 Å². The summed E-state index contributed by atoms with van der Waals surface area (Å²) in [6, 6.07) is 13.9. The van der Waals surface area contributed by atoms with Crippen molar-refractivity contribution >= 4 is 44.1 Å². The van der Waals surface area contributed by atoms with E-state index in [1.165, 1.54) is 5.56 Å². The number of rotatable bonds is 2. The van der Waals surface area contributed by atoms with Crippen molar-refractivity contribution in [3.05, 3.63) is 58.3 Å². The van der Waals surface area contributed by atoms with Crippen molar-refractivity contribution in [2.45, 2.75) is 6.42 Å². The van der Waals surface area contributed by atoms with Gasteiger partial charge in [0.1, 0.15) is 0 Å². The van der Waals surface area contributed by atoms with Crippen molar-refractivity contribution < 1.29 is 0 Å². The Morgan fingerprint density at radius 1 is 1.00 bits per heavy atom. The lowest BCUT2D eigenvalue weighted by molar-refractivity contribution is 1.17. The molecule has 2 aromatic carbocycles. The standard InChI is InChI=1S/C15H12OS2/c16-15-11-3-1-2-4-13(11)18-14-6-5-10(7-8-17)9-12(14)15/h1-6,9,17H,7-8H2. The predicted octanol–water partition coefficient (Wildman–Crippen LogP) is 3.89. The third kappa shape index (κ3) is 1.93. The highest BCUT2D eigenvalue weighted by molar-refractivity contribution is 7.80. The first-order valence-corrected chi connectivity index (χ1v) is 7.30. The van der Waals surface area contributed by atoms with E-state index in [9.17, 15) is 4.79 Å². The second-order valence-electron chi connectivity index (χ2n) is 4.23. The molecule has 0 spiro atoms. The van der Waals surface area contributed by atoms with E-state index in [0.717, 1.165) is 32.3 Å². The third-order valence-electron chi connectivity index (χ3n) is 3.04. The smallest absolute Gasteiger partial charge is 0.195 e. The second-order valence-corrected chi connectivity index (χ2v) is 5.76. The van der Waals surface area contributed by atoms with Gasteiger partial charge < -0.3 is 0 Å². The summed E-state index contributed by atoms with van der Waals surface area (Å²) < 4.78 is 2.11. The van der Waals surface area contributed by atoms with Crippen LogP contribution in [0.2, 0.25) is 0 Å². The Morgan fingerprint density at radius 3 is 2.61 bits per heavy atom. The molecule has 0 aliphatic carbocycles. The lowest BCUT2D eigenvalue weighted by Gasteiger charge is -2.03. The van der Waals surface area contributed by atoms with Gasteiger partial charge in [0.05, 0.1) is 0 Å². The molecule has 0 fully saturated rings. The van der Waals surface area contributed by atoms with Crippen LogP contribution in [0, 0.1) is 0 Å². The molecule has 0 radical (unpaired) electrons. The van der Waals surface area contributed by atoms with E-state index in [1.807, 2.05) is 36.4 Å². The molecule has 0 unspecified atom stereocenters. The molecule has 1 heterocycles. The summed E-state index contributed by atoms with van der Waals surface area (Å²) in [6.07, 6.45) is 0.899. The molecule has 0 aliphatic rings. The van der Waals surface area contributed by atoms with Crippen LogP contribution in [0.5, 0.6) is 0 Å². The van der Waals surface area contributed by atoms with Crippen LogP contribution >= 0.6 is 24.0 Å². The molecule has 1 aromatic heterocycles. The molecule has 3 rings (SSSR count). The highest BCUT2D eigenvalue weighted by Gasteiger charge is 2.05. The number of hydrogen-bond acceptors (Lipinski definition) is 3. The number of aryl methyl sites for hydroxylation is 1. The van der Waals surface area contributed by atoms with Crippen LogP contribution in [0.3, 0.4) is 0 Å². The van der Waals surface area contributed by atoms with E-state index in [1.54, 1.807) is 11.3 Å². The summed E-state index contributed by atoms with van der Waals surface area (Å²) in [7, 11) is 0. The molecule has 0 saturated carbocycles. The maximum Gasteiger partial charge on any atom is 0.195 e. The Labute approximate surface area is 114 Å². The fourth-order valence-electron chi connectivity index (χ4n) is 2.13. The van der Waals surface area contributed by atoms with Crippen LogP contribution in [0.4, 0.5) is 0 Å². The van der Waals surface area contributed by atoms with E-state index >= 15 is 0 Å². The molecule has 3 aromatic rings. The van der Waals surface area contributed by atoms with E-state index in [2.05, 4.69) is 18.7 Å². The summed E-state index contributed by atoms with van der Waals surface area (Å²) >= 11 is 5.91. The first-order chi connectivity index (χ1) is 8.79. The summed E-state index contributed by atoms with van der Waals surface area (Å²) in [6.45, 7) is 0. The zero-order valence-corrected chi connectivity index (χ0v) is 11.4. The molecule has 1 nitrogen and oxygen atoms in total. The van der Waals surface area contributed by atoms with Gasteiger partial charge in [0.15, 0.2) is 5.43 Å². The molecule has 0 aliphatic heterocycles. The third-order valence-corrected chi connectivity index (χ3v) is 4.42. The molecule has 0 bridgehead atoms. The van der Waals surface area contributed by atoms with Crippen LogP contribution in [0.15, 0.2) is 47.3 Å². The lowest BCUT2D eigenvalue weighted by Crippen LogP contribution is -2.01. The van der Waals surface area contributed by atoms with Crippen LogP contribution < -0.4 is 5.43 Å². The van der Waals surface area contributed by atoms with Gasteiger partial charge in [-0.3, -0.25) is 4.79 Å². The largest absolute Gasteiger partial charge is 0.289 e. The molecule has 0 N–H and O–H groups in total. The van der Waals surface area contributed by atoms with Gasteiger partial charge in [-0.05, 0) is 42.0 Å². The predicted molar refractivity (Wildman–Crippen MR) is 83.2 cm³/mol. The summed E-state index contributed by atoms with van der Waals surface area (Å²) in [4.78, 5) is 12.4. The van der Waals surface area contributed by atoms with Gasteiger partial charge in [-0.1, -0.05) is 18.2 Å². The van der Waals surface area contributed by atoms with Crippen LogP contribution in [0.25, 0.3) is 20.2 Å². The monoisotopic (exact) mass is 272 g/mol. The average molecular weight is 272 g/mol. The highest BCUT2D eigenvalue weighted by atomic mass is 32.1. The van der Waals surface area contributed by atoms with Gasteiger partial charge in [0.2, 0.25) is 0 Å². The number of hydrogen-bond donors (Lipinski definition) is 1. The lowest BCUT2D eigenvalue weighted by atomic mass is 10.1. The zero-order valence-electron chi connectivity index (χ0n) is 9.72. The molecular formula is C15H12OS2. The summed E-state index contributed by atoms with van der Waals surface area (Å²) in [5.74, 6) is 0.802. The minimum atomic E-state index is 0.139. The molecule has 0 saturated heterocycles. The second kappa shape index (κ2) is 4.75. The minimum Gasteiger partial charge on any atom is -0.289 e. The van der Waals surface area contributed by atoms with Gasteiger partial charge in [-0.25, -0.2) is 0 Å². The van der Waals surface area contributed by atoms with Crippen molar-refractivity contribution in [1.82, 2.24) is 0 Å². The molecule has 3 heteroatoms.